The zero-order valence-corrected chi connectivity index (χ0v) is 15.4. The van der Waals surface area contributed by atoms with Gasteiger partial charge in [0.15, 0.2) is 0 Å². The molecular formula is C21H27N3O2. The number of carbonyl (C=O) groups is 1. The molecule has 0 spiro atoms. The summed E-state index contributed by atoms with van der Waals surface area (Å²) in [5.41, 5.74) is 2.55. The average Bonchev–Trinajstić information content (AvgIpc) is 2.69. The molecule has 26 heavy (non-hydrogen) atoms. The van der Waals surface area contributed by atoms with Gasteiger partial charge in [-0.15, -0.1) is 0 Å². The van der Waals surface area contributed by atoms with Crippen molar-refractivity contribution >= 4 is 11.7 Å². The molecule has 0 aliphatic carbocycles. The molecule has 2 amide bonds. The van der Waals surface area contributed by atoms with Crippen LogP contribution in [0.5, 0.6) is 5.75 Å². The number of nitrogens with zero attached hydrogens (tertiary/aromatic N) is 2. The van der Waals surface area contributed by atoms with E-state index in [2.05, 4.69) is 41.4 Å². The summed E-state index contributed by atoms with van der Waals surface area (Å²) in [6, 6.07) is 18.2. The fourth-order valence-corrected chi connectivity index (χ4v) is 3.15. The number of carbonyl (C=O) groups excluding carboxylic acids is 1. The summed E-state index contributed by atoms with van der Waals surface area (Å²) in [5, 5.41) is 2.99. The summed E-state index contributed by atoms with van der Waals surface area (Å²) in [4.78, 5) is 16.5. The van der Waals surface area contributed by atoms with Gasteiger partial charge in [-0.25, -0.2) is 4.79 Å². The molecule has 0 aromatic heterocycles. The summed E-state index contributed by atoms with van der Waals surface area (Å²) in [6.07, 6.45) is 0.795. The van der Waals surface area contributed by atoms with E-state index in [0.29, 0.717) is 13.2 Å². The quantitative estimate of drug-likeness (QED) is 0.811. The van der Waals surface area contributed by atoms with Crippen LogP contribution in [-0.4, -0.2) is 50.3 Å². The minimum absolute atomic E-state index is 0.0224. The molecular weight excluding hydrogens is 326 g/mol. The summed E-state index contributed by atoms with van der Waals surface area (Å²) in [5.74, 6) is 0.867. The Labute approximate surface area is 155 Å². The number of anilines is 1. The van der Waals surface area contributed by atoms with E-state index in [9.17, 15) is 4.79 Å². The first-order chi connectivity index (χ1) is 12.7. The van der Waals surface area contributed by atoms with E-state index >= 15 is 0 Å². The van der Waals surface area contributed by atoms with Crippen LogP contribution in [0.1, 0.15) is 12.0 Å². The van der Waals surface area contributed by atoms with Crippen molar-refractivity contribution in [3.63, 3.8) is 0 Å². The number of ether oxygens (including phenoxy) is 1. The number of benzene rings is 2. The Morgan fingerprint density at radius 2 is 1.69 bits per heavy atom. The number of nitrogens with one attached hydrogen (secondary N) is 1. The first kappa shape index (κ1) is 18.1. The highest BCUT2D eigenvalue weighted by Crippen LogP contribution is 2.20. The minimum Gasteiger partial charge on any atom is -0.494 e. The van der Waals surface area contributed by atoms with Crippen LogP contribution in [0.25, 0.3) is 0 Å². The molecule has 2 aromatic rings. The predicted octanol–water partition coefficient (Wildman–Crippen LogP) is 3.30. The number of piperazine rings is 1. The Morgan fingerprint density at radius 1 is 1.00 bits per heavy atom. The van der Waals surface area contributed by atoms with Crippen molar-refractivity contribution in [2.45, 2.75) is 13.3 Å². The van der Waals surface area contributed by atoms with Crippen LogP contribution in [0, 0.1) is 6.92 Å². The number of hydrogen-bond donors (Lipinski definition) is 1. The third kappa shape index (κ3) is 4.91. The van der Waals surface area contributed by atoms with E-state index in [1.54, 1.807) is 0 Å². The number of amides is 2. The van der Waals surface area contributed by atoms with Crippen LogP contribution < -0.4 is 15.0 Å². The zero-order valence-electron chi connectivity index (χ0n) is 15.4. The van der Waals surface area contributed by atoms with Gasteiger partial charge in [0.25, 0.3) is 0 Å². The van der Waals surface area contributed by atoms with Gasteiger partial charge in [0.05, 0.1) is 6.61 Å². The van der Waals surface area contributed by atoms with Gasteiger partial charge in [-0.2, -0.15) is 0 Å². The second-order valence-corrected chi connectivity index (χ2v) is 6.51. The van der Waals surface area contributed by atoms with E-state index in [4.69, 9.17) is 4.74 Å². The smallest absolute Gasteiger partial charge is 0.317 e. The number of urea groups is 1. The van der Waals surface area contributed by atoms with Crippen molar-refractivity contribution in [3.05, 3.63) is 60.2 Å². The van der Waals surface area contributed by atoms with E-state index in [1.165, 1.54) is 11.3 Å². The lowest BCUT2D eigenvalue weighted by molar-refractivity contribution is 0.193. The Bertz CT molecular complexity index is 697. The standard InChI is InChI=1S/C21H27N3O2/c1-18-8-5-6-11-20(18)23-13-15-24(16-14-23)21(25)22-12-7-17-26-19-9-3-2-4-10-19/h2-6,8-11H,7,12-17H2,1H3,(H,22,25). The molecule has 0 radical (unpaired) electrons. The third-order valence-electron chi connectivity index (χ3n) is 4.63. The normalized spacial score (nSPS) is 14.2. The molecule has 2 aromatic carbocycles. The molecule has 1 saturated heterocycles. The van der Waals surface area contributed by atoms with Gasteiger partial charge in [0.1, 0.15) is 5.75 Å². The fourth-order valence-electron chi connectivity index (χ4n) is 3.15. The van der Waals surface area contributed by atoms with Crippen molar-refractivity contribution in [3.8, 4) is 5.75 Å². The third-order valence-corrected chi connectivity index (χ3v) is 4.63. The average molecular weight is 353 g/mol. The van der Waals surface area contributed by atoms with Gasteiger partial charge in [-0.3, -0.25) is 0 Å². The van der Waals surface area contributed by atoms with Crippen molar-refractivity contribution in [2.24, 2.45) is 0 Å². The molecule has 138 valence electrons. The highest BCUT2D eigenvalue weighted by atomic mass is 16.5. The van der Waals surface area contributed by atoms with Gasteiger partial charge in [0.2, 0.25) is 0 Å². The van der Waals surface area contributed by atoms with Crippen molar-refractivity contribution in [1.29, 1.82) is 0 Å². The first-order valence-corrected chi connectivity index (χ1v) is 9.25. The van der Waals surface area contributed by atoms with Gasteiger partial charge in [-0.1, -0.05) is 36.4 Å². The van der Waals surface area contributed by atoms with Crippen molar-refractivity contribution in [1.82, 2.24) is 10.2 Å². The summed E-state index contributed by atoms with van der Waals surface area (Å²) in [7, 11) is 0. The summed E-state index contributed by atoms with van der Waals surface area (Å²) >= 11 is 0. The molecule has 0 saturated carbocycles. The number of hydrogen-bond acceptors (Lipinski definition) is 3. The van der Waals surface area contributed by atoms with Crippen LogP contribution in [-0.2, 0) is 0 Å². The molecule has 1 aliphatic heterocycles. The Kier molecular flexibility index (Phi) is 6.36. The monoisotopic (exact) mass is 353 g/mol. The maximum atomic E-state index is 12.3. The summed E-state index contributed by atoms with van der Waals surface area (Å²) < 4.78 is 5.64. The number of rotatable bonds is 6. The molecule has 5 heteroatoms. The minimum atomic E-state index is 0.0224. The van der Waals surface area contributed by atoms with E-state index < -0.39 is 0 Å². The van der Waals surface area contributed by atoms with Crippen LogP contribution >= 0.6 is 0 Å². The Morgan fingerprint density at radius 3 is 2.42 bits per heavy atom. The SMILES string of the molecule is Cc1ccccc1N1CCN(C(=O)NCCCOc2ccccc2)CC1. The largest absolute Gasteiger partial charge is 0.494 e. The second-order valence-electron chi connectivity index (χ2n) is 6.51. The van der Waals surface area contributed by atoms with Crippen LogP contribution in [0.3, 0.4) is 0 Å². The molecule has 3 rings (SSSR count). The zero-order chi connectivity index (χ0) is 18.2. The van der Waals surface area contributed by atoms with E-state index in [-0.39, 0.29) is 6.03 Å². The number of aryl methyl sites for hydroxylation is 1. The second kappa shape index (κ2) is 9.13. The molecule has 5 nitrogen and oxygen atoms in total. The molecule has 1 fully saturated rings. The van der Waals surface area contributed by atoms with E-state index in [1.807, 2.05) is 35.2 Å². The van der Waals surface area contributed by atoms with Gasteiger partial charge in [0, 0.05) is 38.4 Å². The predicted molar refractivity (Wildman–Crippen MR) is 105 cm³/mol. The number of para-hydroxylation sites is 2. The molecule has 0 bridgehead atoms. The topological polar surface area (TPSA) is 44.8 Å². The van der Waals surface area contributed by atoms with Gasteiger partial charge < -0.3 is 19.9 Å². The van der Waals surface area contributed by atoms with E-state index in [0.717, 1.165) is 38.3 Å². The summed E-state index contributed by atoms with van der Waals surface area (Å²) in [6.45, 7) is 6.60. The molecule has 1 N–H and O–H groups in total. The van der Waals surface area contributed by atoms with Crippen LogP contribution in [0.15, 0.2) is 54.6 Å². The Balaban J connectivity index is 1.34. The lowest BCUT2D eigenvalue weighted by atomic mass is 10.1. The molecule has 1 heterocycles. The van der Waals surface area contributed by atoms with Crippen molar-refractivity contribution < 1.29 is 9.53 Å². The van der Waals surface area contributed by atoms with Crippen LogP contribution in [0.2, 0.25) is 0 Å². The lowest BCUT2D eigenvalue weighted by Crippen LogP contribution is -2.52. The van der Waals surface area contributed by atoms with Crippen LogP contribution in [0.4, 0.5) is 10.5 Å². The first-order valence-electron chi connectivity index (χ1n) is 9.25. The maximum Gasteiger partial charge on any atom is 0.317 e. The van der Waals surface area contributed by atoms with Crippen molar-refractivity contribution in [2.75, 3.05) is 44.2 Å². The van der Waals surface area contributed by atoms with Gasteiger partial charge in [-0.05, 0) is 37.1 Å². The molecule has 0 unspecified atom stereocenters. The Hall–Kier alpha value is -2.69. The lowest BCUT2D eigenvalue weighted by Gasteiger charge is -2.36. The molecule has 1 aliphatic rings. The fraction of sp³-hybridized carbons (Fsp3) is 0.381. The van der Waals surface area contributed by atoms with Gasteiger partial charge >= 0.3 is 6.03 Å². The molecule has 0 atom stereocenters. The maximum absolute atomic E-state index is 12.3. The highest BCUT2D eigenvalue weighted by molar-refractivity contribution is 5.74. The highest BCUT2D eigenvalue weighted by Gasteiger charge is 2.21.